The lowest BCUT2D eigenvalue weighted by Gasteiger charge is -2.17. The molecule has 0 aromatic heterocycles. The van der Waals surface area contributed by atoms with Crippen molar-refractivity contribution in [2.75, 3.05) is 0 Å². The number of carboxylic acids is 1. The minimum absolute atomic E-state index is 0.159. The number of allylic oxidation sites excluding steroid dienone is 4. The molecule has 0 aromatic carbocycles. The van der Waals surface area contributed by atoms with Gasteiger partial charge in [0.1, 0.15) is 5.76 Å². The normalized spacial score (nSPS) is 25.4. The SMILES string of the molecule is O=C(O)C1=CC2=COC3=C(CCC=C3)SC2C=C1. The van der Waals surface area contributed by atoms with E-state index >= 15 is 0 Å². The molecule has 0 aromatic rings. The van der Waals surface area contributed by atoms with Gasteiger partial charge < -0.3 is 9.84 Å². The summed E-state index contributed by atoms with van der Waals surface area (Å²) < 4.78 is 5.64. The Kier molecular flexibility index (Phi) is 2.88. The highest BCUT2D eigenvalue weighted by Crippen LogP contribution is 2.40. The van der Waals surface area contributed by atoms with E-state index in [2.05, 4.69) is 6.08 Å². The van der Waals surface area contributed by atoms with Gasteiger partial charge in [0.05, 0.1) is 17.1 Å². The summed E-state index contributed by atoms with van der Waals surface area (Å²) in [6.07, 6.45) is 13.1. The molecule has 0 amide bonds. The van der Waals surface area contributed by atoms with E-state index in [1.807, 2.05) is 12.2 Å². The summed E-state index contributed by atoms with van der Waals surface area (Å²) in [5, 5.41) is 9.15. The van der Waals surface area contributed by atoms with Gasteiger partial charge >= 0.3 is 5.97 Å². The lowest BCUT2D eigenvalue weighted by atomic mass is 10.0. The summed E-state index contributed by atoms with van der Waals surface area (Å²) >= 11 is 1.74. The van der Waals surface area contributed by atoms with Crippen LogP contribution in [-0.2, 0) is 9.53 Å². The van der Waals surface area contributed by atoms with Gasteiger partial charge in [-0.1, -0.05) is 18.2 Å². The summed E-state index contributed by atoms with van der Waals surface area (Å²) in [6, 6.07) is 0. The van der Waals surface area contributed by atoms with Crippen molar-refractivity contribution in [1.29, 1.82) is 0 Å². The Labute approximate surface area is 109 Å². The molecular weight excluding hydrogens is 248 g/mol. The van der Waals surface area contributed by atoms with Crippen LogP contribution in [0.2, 0.25) is 0 Å². The molecule has 0 bridgehead atoms. The first kappa shape index (κ1) is 11.4. The zero-order valence-corrected chi connectivity index (χ0v) is 10.4. The molecule has 2 aliphatic carbocycles. The van der Waals surface area contributed by atoms with Crippen LogP contribution in [0.15, 0.2) is 58.5 Å². The van der Waals surface area contributed by atoms with Gasteiger partial charge in [0.25, 0.3) is 0 Å². The number of fused-ring (bicyclic) bond motifs is 1. The van der Waals surface area contributed by atoms with Gasteiger partial charge in [0.2, 0.25) is 0 Å². The Morgan fingerprint density at radius 2 is 2.33 bits per heavy atom. The quantitative estimate of drug-likeness (QED) is 0.786. The predicted octanol–water partition coefficient (Wildman–Crippen LogP) is 3.14. The molecule has 1 unspecified atom stereocenters. The number of ether oxygens (including phenoxy) is 1. The van der Waals surface area contributed by atoms with Crippen molar-refractivity contribution in [2.24, 2.45) is 0 Å². The van der Waals surface area contributed by atoms with Crippen LogP contribution in [-0.4, -0.2) is 16.3 Å². The molecule has 92 valence electrons. The Morgan fingerprint density at radius 3 is 3.17 bits per heavy atom. The van der Waals surface area contributed by atoms with Crippen molar-refractivity contribution in [1.82, 2.24) is 0 Å². The Balaban J connectivity index is 1.91. The van der Waals surface area contributed by atoms with E-state index in [0.29, 0.717) is 5.57 Å². The van der Waals surface area contributed by atoms with Crippen LogP contribution in [0.4, 0.5) is 0 Å². The van der Waals surface area contributed by atoms with E-state index < -0.39 is 5.97 Å². The zero-order valence-electron chi connectivity index (χ0n) is 9.63. The molecule has 0 radical (unpaired) electrons. The summed E-state index contributed by atoms with van der Waals surface area (Å²) in [7, 11) is 0. The van der Waals surface area contributed by atoms with Crippen LogP contribution in [0.1, 0.15) is 12.8 Å². The Hall–Kier alpha value is -1.68. The van der Waals surface area contributed by atoms with Crippen molar-refractivity contribution in [3.8, 4) is 0 Å². The molecule has 1 aliphatic heterocycles. The fourth-order valence-electron chi connectivity index (χ4n) is 2.08. The maximum absolute atomic E-state index is 10.9. The van der Waals surface area contributed by atoms with E-state index in [-0.39, 0.29) is 5.25 Å². The molecule has 3 rings (SSSR count). The van der Waals surface area contributed by atoms with Gasteiger partial charge in [-0.2, -0.15) is 0 Å². The highest BCUT2D eigenvalue weighted by molar-refractivity contribution is 8.04. The second-order valence-corrected chi connectivity index (χ2v) is 5.50. The summed E-state index contributed by atoms with van der Waals surface area (Å²) in [6.45, 7) is 0. The Bertz CT molecular complexity index is 549. The van der Waals surface area contributed by atoms with Gasteiger partial charge in [-0.15, -0.1) is 11.8 Å². The maximum atomic E-state index is 10.9. The zero-order chi connectivity index (χ0) is 12.5. The molecule has 4 heteroatoms. The van der Waals surface area contributed by atoms with Crippen LogP contribution in [0.5, 0.6) is 0 Å². The molecule has 3 nitrogen and oxygen atoms in total. The van der Waals surface area contributed by atoms with E-state index in [9.17, 15) is 4.79 Å². The smallest absolute Gasteiger partial charge is 0.335 e. The highest BCUT2D eigenvalue weighted by atomic mass is 32.2. The molecule has 18 heavy (non-hydrogen) atoms. The van der Waals surface area contributed by atoms with E-state index in [1.165, 1.54) is 4.91 Å². The minimum Gasteiger partial charge on any atom is -0.478 e. The number of hydrogen-bond acceptors (Lipinski definition) is 3. The molecule has 0 fully saturated rings. The molecule has 1 heterocycles. The second-order valence-electron chi connectivity index (χ2n) is 4.27. The first-order valence-electron chi connectivity index (χ1n) is 5.80. The predicted molar refractivity (Wildman–Crippen MR) is 70.8 cm³/mol. The monoisotopic (exact) mass is 260 g/mol. The van der Waals surface area contributed by atoms with Gasteiger partial charge in [-0.05, 0) is 25.0 Å². The van der Waals surface area contributed by atoms with Crippen LogP contribution < -0.4 is 0 Å². The third-order valence-corrected chi connectivity index (χ3v) is 4.39. The number of aliphatic carboxylic acids is 1. The van der Waals surface area contributed by atoms with Gasteiger partial charge in [-0.3, -0.25) is 0 Å². The number of rotatable bonds is 1. The number of carbonyl (C=O) groups is 1. The third kappa shape index (κ3) is 2.04. The Morgan fingerprint density at radius 1 is 1.44 bits per heavy atom. The lowest BCUT2D eigenvalue weighted by molar-refractivity contribution is -0.132. The second kappa shape index (κ2) is 4.53. The van der Waals surface area contributed by atoms with Crippen LogP contribution in [0.25, 0.3) is 0 Å². The fourth-order valence-corrected chi connectivity index (χ4v) is 3.27. The number of hydrogen-bond donors (Lipinski definition) is 1. The van der Waals surface area contributed by atoms with Gasteiger partial charge in [0.15, 0.2) is 0 Å². The number of thioether (sulfide) groups is 1. The number of carboxylic acid groups (broad SMARTS) is 1. The third-order valence-electron chi connectivity index (χ3n) is 3.02. The summed E-state index contributed by atoms with van der Waals surface area (Å²) in [5.41, 5.74) is 1.21. The molecule has 1 N–H and O–H groups in total. The lowest BCUT2D eigenvalue weighted by Crippen LogP contribution is -2.10. The van der Waals surface area contributed by atoms with E-state index in [0.717, 1.165) is 24.2 Å². The minimum atomic E-state index is -0.905. The molecular formula is C14H12O3S. The summed E-state index contributed by atoms with van der Waals surface area (Å²) in [4.78, 5) is 12.2. The maximum Gasteiger partial charge on any atom is 0.335 e. The van der Waals surface area contributed by atoms with Crippen LogP contribution in [0, 0.1) is 0 Å². The molecule has 1 atom stereocenters. The van der Waals surface area contributed by atoms with Crippen molar-refractivity contribution >= 4 is 17.7 Å². The first-order valence-corrected chi connectivity index (χ1v) is 6.68. The van der Waals surface area contributed by atoms with Crippen LogP contribution >= 0.6 is 11.8 Å². The summed E-state index contributed by atoms with van der Waals surface area (Å²) in [5.74, 6) is -0.00992. The average Bonchev–Trinajstić information content (AvgIpc) is 2.56. The molecule has 0 saturated carbocycles. The first-order chi connectivity index (χ1) is 8.74. The largest absolute Gasteiger partial charge is 0.478 e. The van der Waals surface area contributed by atoms with E-state index in [4.69, 9.17) is 9.84 Å². The van der Waals surface area contributed by atoms with Crippen molar-refractivity contribution in [3.63, 3.8) is 0 Å². The van der Waals surface area contributed by atoms with Crippen molar-refractivity contribution in [3.05, 3.63) is 58.5 Å². The molecule has 0 spiro atoms. The standard InChI is InChI=1S/C14H12O3S/c15-14(16)9-5-6-12-10(7-9)8-17-11-3-1-2-4-13(11)18-12/h1,3,5-8,12H,2,4H2,(H,15,16). The van der Waals surface area contributed by atoms with Crippen molar-refractivity contribution < 1.29 is 14.6 Å². The van der Waals surface area contributed by atoms with Gasteiger partial charge in [0, 0.05) is 10.5 Å². The highest BCUT2D eigenvalue weighted by Gasteiger charge is 2.24. The fraction of sp³-hybridized carbons (Fsp3) is 0.214. The van der Waals surface area contributed by atoms with Crippen molar-refractivity contribution in [2.45, 2.75) is 18.1 Å². The average molecular weight is 260 g/mol. The van der Waals surface area contributed by atoms with Crippen LogP contribution in [0.3, 0.4) is 0 Å². The van der Waals surface area contributed by atoms with Gasteiger partial charge in [-0.25, -0.2) is 4.79 Å². The molecule has 0 saturated heterocycles. The van der Waals surface area contributed by atoms with E-state index in [1.54, 1.807) is 30.2 Å². The molecule has 3 aliphatic rings. The topological polar surface area (TPSA) is 46.5 Å².